The van der Waals surface area contributed by atoms with Crippen LogP contribution in [0.1, 0.15) is 0 Å². The zero-order valence-electron chi connectivity index (χ0n) is 7.88. The SMILES string of the molecule is OCCn1nc2cc3c(cc2n1)OCO3. The second-order valence-corrected chi connectivity index (χ2v) is 3.21. The summed E-state index contributed by atoms with van der Waals surface area (Å²) < 4.78 is 10.5. The first-order chi connectivity index (χ1) is 7.36. The van der Waals surface area contributed by atoms with Gasteiger partial charge in [0.1, 0.15) is 11.0 Å². The predicted octanol–water partition coefficient (Wildman–Crippen LogP) is 0.152. The first kappa shape index (κ1) is 8.49. The molecule has 6 nitrogen and oxygen atoms in total. The van der Waals surface area contributed by atoms with E-state index in [1.165, 1.54) is 4.80 Å². The third kappa shape index (κ3) is 1.30. The van der Waals surface area contributed by atoms with E-state index >= 15 is 0 Å². The first-order valence-electron chi connectivity index (χ1n) is 4.62. The van der Waals surface area contributed by atoms with E-state index in [-0.39, 0.29) is 13.4 Å². The highest BCUT2D eigenvalue weighted by atomic mass is 16.7. The van der Waals surface area contributed by atoms with Gasteiger partial charge in [-0.05, 0) is 0 Å². The van der Waals surface area contributed by atoms with Gasteiger partial charge in [-0.2, -0.15) is 15.0 Å². The van der Waals surface area contributed by atoms with Gasteiger partial charge in [-0.25, -0.2) is 0 Å². The molecule has 1 N–H and O–H groups in total. The summed E-state index contributed by atoms with van der Waals surface area (Å²) >= 11 is 0. The molecule has 2 aromatic rings. The average molecular weight is 207 g/mol. The Kier molecular flexibility index (Phi) is 1.75. The van der Waals surface area contributed by atoms with Crippen molar-refractivity contribution < 1.29 is 14.6 Å². The molecule has 0 bridgehead atoms. The zero-order chi connectivity index (χ0) is 10.3. The summed E-state index contributed by atoms with van der Waals surface area (Å²) in [6.07, 6.45) is 0. The Hall–Kier alpha value is -1.82. The molecule has 0 unspecified atom stereocenters. The van der Waals surface area contributed by atoms with Gasteiger partial charge in [-0.1, -0.05) is 0 Å². The molecule has 78 valence electrons. The van der Waals surface area contributed by atoms with Gasteiger partial charge in [0.15, 0.2) is 11.5 Å². The molecule has 0 saturated carbocycles. The fraction of sp³-hybridized carbons (Fsp3) is 0.333. The highest BCUT2D eigenvalue weighted by Gasteiger charge is 2.16. The maximum atomic E-state index is 8.76. The number of nitrogens with zero attached hydrogens (tertiary/aromatic N) is 3. The number of hydrogen-bond acceptors (Lipinski definition) is 5. The van der Waals surface area contributed by atoms with E-state index in [1.807, 2.05) is 0 Å². The van der Waals surface area contributed by atoms with E-state index in [9.17, 15) is 0 Å². The van der Waals surface area contributed by atoms with Crippen LogP contribution in [0.25, 0.3) is 11.0 Å². The van der Waals surface area contributed by atoms with E-state index in [2.05, 4.69) is 10.2 Å². The highest BCUT2D eigenvalue weighted by molar-refractivity contribution is 5.78. The number of rotatable bonds is 2. The van der Waals surface area contributed by atoms with Crippen LogP contribution >= 0.6 is 0 Å². The van der Waals surface area contributed by atoms with Crippen molar-refractivity contribution in [1.82, 2.24) is 15.0 Å². The molecule has 0 aliphatic carbocycles. The second-order valence-electron chi connectivity index (χ2n) is 3.21. The maximum absolute atomic E-state index is 8.76. The summed E-state index contributed by atoms with van der Waals surface area (Å²) in [4.78, 5) is 1.46. The van der Waals surface area contributed by atoms with Crippen LogP contribution in [0, 0.1) is 0 Å². The minimum absolute atomic E-state index is 0.0215. The quantitative estimate of drug-likeness (QED) is 0.759. The first-order valence-corrected chi connectivity index (χ1v) is 4.62. The number of fused-ring (bicyclic) bond motifs is 2. The number of ether oxygens (including phenoxy) is 2. The van der Waals surface area contributed by atoms with E-state index in [0.29, 0.717) is 18.0 Å². The predicted molar refractivity (Wildman–Crippen MR) is 50.7 cm³/mol. The van der Waals surface area contributed by atoms with Gasteiger partial charge in [-0.3, -0.25) is 0 Å². The van der Waals surface area contributed by atoms with Crippen molar-refractivity contribution in [2.75, 3.05) is 13.4 Å². The van der Waals surface area contributed by atoms with Gasteiger partial charge in [0, 0.05) is 12.1 Å². The topological polar surface area (TPSA) is 69.4 Å². The van der Waals surface area contributed by atoms with Crippen LogP contribution < -0.4 is 9.47 Å². The molecule has 1 aliphatic rings. The number of aliphatic hydroxyl groups excluding tert-OH is 1. The summed E-state index contributed by atoms with van der Waals surface area (Å²) in [7, 11) is 0. The molecule has 0 spiro atoms. The molecule has 2 heterocycles. The molecule has 1 aromatic heterocycles. The van der Waals surface area contributed by atoms with Crippen molar-refractivity contribution >= 4 is 11.0 Å². The smallest absolute Gasteiger partial charge is 0.231 e. The lowest BCUT2D eigenvalue weighted by Crippen LogP contribution is -2.05. The van der Waals surface area contributed by atoms with Crippen LogP contribution in [0.4, 0.5) is 0 Å². The number of benzene rings is 1. The minimum atomic E-state index is 0.0215. The van der Waals surface area contributed by atoms with Gasteiger partial charge in [0.2, 0.25) is 6.79 Å². The summed E-state index contributed by atoms with van der Waals surface area (Å²) in [6.45, 7) is 0.660. The lowest BCUT2D eigenvalue weighted by Gasteiger charge is -1.92. The molecule has 0 saturated heterocycles. The molecule has 6 heteroatoms. The summed E-state index contributed by atoms with van der Waals surface area (Å²) in [6, 6.07) is 3.58. The molecular formula is C9H9N3O3. The van der Waals surface area contributed by atoms with Crippen molar-refractivity contribution in [3.05, 3.63) is 12.1 Å². The molecular weight excluding hydrogens is 198 g/mol. The van der Waals surface area contributed by atoms with E-state index in [4.69, 9.17) is 14.6 Å². The van der Waals surface area contributed by atoms with Crippen molar-refractivity contribution in [3.63, 3.8) is 0 Å². The molecule has 0 radical (unpaired) electrons. The Morgan fingerprint density at radius 2 is 1.80 bits per heavy atom. The van der Waals surface area contributed by atoms with Gasteiger partial charge < -0.3 is 14.6 Å². The lowest BCUT2D eigenvalue weighted by atomic mass is 10.3. The van der Waals surface area contributed by atoms with Crippen LogP contribution in [0.2, 0.25) is 0 Å². The normalized spacial score (nSPS) is 13.7. The second kappa shape index (κ2) is 3.09. The zero-order valence-corrected chi connectivity index (χ0v) is 7.88. The minimum Gasteiger partial charge on any atom is -0.454 e. The monoisotopic (exact) mass is 207 g/mol. The maximum Gasteiger partial charge on any atom is 0.231 e. The van der Waals surface area contributed by atoms with Crippen molar-refractivity contribution in [3.8, 4) is 11.5 Å². The molecule has 15 heavy (non-hydrogen) atoms. The Balaban J connectivity index is 2.12. The van der Waals surface area contributed by atoms with Crippen LogP contribution in [0.3, 0.4) is 0 Å². The van der Waals surface area contributed by atoms with Gasteiger partial charge in [0.25, 0.3) is 0 Å². The number of aliphatic hydroxyl groups is 1. The summed E-state index contributed by atoms with van der Waals surface area (Å²) in [5.41, 5.74) is 1.49. The molecule has 0 amide bonds. The van der Waals surface area contributed by atoms with Crippen molar-refractivity contribution in [1.29, 1.82) is 0 Å². The third-order valence-corrected chi connectivity index (χ3v) is 2.22. The van der Waals surface area contributed by atoms with E-state index < -0.39 is 0 Å². The van der Waals surface area contributed by atoms with Crippen molar-refractivity contribution in [2.45, 2.75) is 6.54 Å². The van der Waals surface area contributed by atoms with Crippen molar-refractivity contribution in [2.24, 2.45) is 0 Å². The standard InChI is InChI=1S/C9H9N3O3/c13-2-1-12-10-6-3-8-9(15-5-14-8)4-7(6)11-12/h3-4,13H,1-2,5H2. The largest absolute Gasteiger partial charge is 0.454 e. The Labute approximate surface area is 85.0 Å². The lowest BCUT2D eigenvalue weighted by molar-refractivity contribution is 0.174. The molecule has 3 rings (SSSR count). The number of hydrogen-bond donors (Lipinski definition) is 1. The van der Waals surface area contributed by atoms with Crippen LogP contribution in [-0.2, 0) is 6.54 Å². The molecule has 1 aromatic carbocycles. The molecule has 0 atom stereocenters. The highest BCUT2D eigenvalue weighted by Crippen LogP contribution is 2.34. The number of aromatic nitrogens is 3. The van der Waals surface area contributed by atoms with Gasteiger partial charge in [-0.15, -0.1) is 0 Å². The third-order valence-electron chi connectivity index (χ3n) is 2.22. The van der Waals surface area contributed by atoms with Crippen LogP contribution in [0.15, 0.2) is 12.1 Å². The summed E-state index contributed by atoms with van der Waals surface area (Å²) in [5.74, 6) is 1.39. The fourth-order valence-corrected chi connectivity index (χ4v) is 1.54. The van der Waals surface area contributed by atoms with E-state index in [1.54, 1.807) is 12.1 Å². The van der Waals surface area contributed by atoms with Gasteiger partial charge >= 0.3 is 0 Å². The summed E-state index contributed by atoms with van der Waals surface area (Å²) in [5, 5.41) is 17.1. The van der Waals surface area contributed by atoms with Gasteiger partial charge in [0.05, 0.1) is 13.2 Å². The van der Waals surface area contributed by atoms with Crippen LogP contribution in [-0.4, -0.2) is 33.5 Å². The average Bonchev–Trinajstić information content (AvgIpc) is 2.78. The molecule has 1 aliphatic heterocycles. The Morgan fingerprint density at radius 3 is 2.33 bits per heavy atom. The Morgan fingerprint density at radius 1 is 1.20 bits per heavy atom. The molecule has 0 fully saturated rings. The fourth-order valence-electron chi connectivity index (χ4n) is 1.54. The van der Waals surface area contributed by atoms with E-state index in [0.717, 1.165) is 11.0 Å². The Bertz CT molecular complexity index is 468. The van der Waals surface area contributed by atoms with Crippen LogP contribution in [0.5, 0.6) is 11.5 Å².